The van der Waals surface area contributed by atoms with Gasteiger partial charge in [0.05, 0.1) is 5.56 Å². The Hall–Kier alpha value is -0.940. The zero-order chi connectivity index (χ0) is 15.4. The van der Waals surface area contributed by atoms with Crippen LogP contribution in [-0.4, -0.2) is 29.9 Å². The van der Waals surface area contributed by atoms with Crippen LogP contribution in [0.15, 0.2) is 22.7 Å². The van der Waals surface area contributed by atoms with E-state index in [0.29, 0.717) is 29.0 Å². The molecular formula is C16H22BrFN2O. The molecule has 2 atom stereocenters. The van der Waals surface area contributed by atoms with Gasteiger partial charge in [0.25, 0.3) is 5.91 Å². The number of carbonyl (C=O) groups is 1. The van der Waals surface area contributed by atoms with Crippen molar-refractivity contribution in [3.05, 3.63) is 34.1 Å². The first-order valence-electron chi connectivity index (χ1n) is 7.54. The minimum Gasteiger partial charge on any atom is -0.336 e. The summed E-state index contributed by atoms with van der Waals surface area (Å²) in [6.45, 7) is 3.18. The first-order valence-corrected chi connectivity index (χ1v) is 8.33. The van der Waals surface area contributed by atoms with Gasteiger partial charge in [0.1, 0.15) is 5.82 Å². The van der Waals surface area contributed by atoms with Crippen molar-refractivity contribution in [2.75, 3.05) is 13.1 Å². The molecule has 0 aliphatic heterocycles. The van der Waals surface area contributed by atoms with Crippen LogP contribution in [0, 0.1) is 11.7 Å². The SMILES string of the molecule is CCN(C(=O)c1cc(F)ccc1Br)C1CCCCC1CN. The second-order valence-corrected chi connectivity index (χ2v) is 6.42. The quantitative estimate of drug-likeness (QED) is 0.896. The summed E-state index contributed by atoms with van der Waals surface area (Å²) >= 11 is 3.35. The lowest BCUT2D eigenvalue weighted by Gasteiger charge is -2.39. The highest BCUT2D eigenvalue weighted by atomic mass is 79.9. The van der Waals surface area contributed by atoms with E-state index in [1.54, 1.807) is 6.07 Å². The van der Waals surface area contributed by atoms with E-state index < -0.39 is 5.82 Å². The monoisotopic (exact) mass is 356 g/mol. The predicted octanol–water partition coefficient (Wildman–Crippen LogP) is 3.57. The molecule has 0 radical (unpaired) electrons. The fourth-order valence-electron chi connectivity index (χ4n) is 3.22. The molecular weight excluding hydrogens is 335 g/mol. The van der Waals surface area contributed by atoms with Crippen molar-refractivity contribution in [2.45, 2.75) is 38.6 Å². The van der Waals surface area contributed by atoms with Crippen LogP contribution in [0.1, 0.15) is 43.0 Å². The van der Waals surface area contributed by atoms with Crippen LogP contribution in [0.2, 0.25) is 0 Å². The highest BCUT2D eigenvalue weighted by molar-refractivity contribution is 9.10. The number of halogens is 2. The van der Waals surface area contributed by atoms with Gasteiger partial charge >= 0.3 is 0 Å². The number of rotatable bonds is 4. The summed E-state index contributed by atoms with van der Waals surface area (Å²) in [6, 6.07) is 4.39. The highest BCUT2D eigenvalue weighted by Gasteiger charge is 2.32. The molecule has 0 heterocycles. The van der Waals surface area contributed by atoms with Crippen LogP contribution in [-0.2, 0) is 0 Å². The molecule has 1 fully saturated rings. The fraction of sp³-hybridized carbons (Fsp3) is 0.562. The highest BCUT2D eigenvalue weighted by Crippen LogP contribution is 2.30. The third kappa shape index (κ3) is 3.64. The van der Waals surface area contributed by atoms with E-state index >= 15 is 0 Å². The van der Waals surface area contributed by atoms with E-state index in [1.165, 1.54) is 18.6 Å². The summed E-state index contributed by atoms with van der Waals surface area (Å²) in [4.78, 5) is 14.7. The summed E-state index contributed by atoms with van der Waals surface area (Å²) in [5.74, 6) is -0.166. The number of amides is 1. The zero-order valence-corrected chi connectivity index (χ0v) is 13.9. The molecule has 5 heteroatoms. The van der Waals surface area contributed by atoms with Gasteiger partial charge in [-0.3, -0.25) is 4.79 Å². The molecule has 0 spiro atoms. The standard InChI is InChI=1S/C16H22BrFN2O/c1-2-20(15-6-4-3-5-11(15)10-19)16(21)13-9-12(18)7-8-14(13)17/h7-9,11,15H,2-6,10,19H2,1H3. The molecule has 1 saturated carbocycles. The summed E-state index contributed by atoms with van der Waals surface area (Å²) in [5.41, 5.74) is 6.26. The van der Waals surface area contributed by atoms with Crippen molar-refractivity contribution in [2.24, 2.45) is 11.7 Å². The van der Waals surface area contributed by atoms with E-state index in [9.17, 15) is 9.18 Å². The third-order valence-electron chi connectivity index (χ3n) is 4.33. The Balaban J connectivity index is 2.27. The first-order chi connectivity index (χ1) is 10.1. The Morgan fingerprint density at radius 3 is 2.81 bits per heavy atom. The van der Waals surface area contributed by atoms with Gasteiger partial charge in [-0.15, -0.1) is 0 Å². The Bertz CT molecular complexity index is 509. The van der Waals surface area contributed by atoms with Gasteiger partial charge in [-0.2, -0.15) is 0 Å². The average molecular weight is 357 g/mol. The molecule has 3 nitrogen and oxygen atoms in total. The van der Waals surface area contributed by atoms with E-state index in [0.717, 1.165) is 19.3 Å². The number of nitrogens with zero attached hydrogens (tertiary/aromatic N) is 1. The van der Waals surface area contributed by atoms with Crippen molar-refractivity contribution >= 4 is 21.8 Å². The van der Waals surface area contributed by atoms with Gasteiger partial charge in [-0.25, -0.2) is 4.39 Å². The summed E-state index contributed by atoms with van der Waals surface area (Å²) in [7, 11) is 0. The largest absolute Gasteiger partial charge is 0.336 e. The molecule has 1 aromatic rings. The summed E-state index contributed by atoms with van der Waals surface area (Å²) < 4.78 is 14.1. The number of nitrogens with two attached hydrogens (primary N) is 1. The lowest BCUT2D eigenvalue weighted by Crippen LogP contribution is -2.48. The molecule has 116 valence electrons. The van der Waals surface area contributed by atoms with E-state index in [1.807, 2.05) is 11.8 Å². The predicted molar refractivity (Wildman–Crippen MR) is 85.6 cm³/mol. The summed E-state index contributed by atoms with van der Waals surface area (Å²) in [6.07, 6.45) is 4.34. The average Bonchev–Trinajstić information content (AvgIpc) is 2.50. The van der Waals surface area contributed by atoms with Crippen LogP contribution >= 0.6 is 15.9 Å². The van der Waals surface area contributed by atoms with Crippen molar-refractivity contribution in [1.82, 2.24) is 4.90 Å². The maximum atomic E-state index is 13.4. The molecule has 1 amide bonds. The molecule has 0 bridgehead atoms. The number of carbonyl (C=O) groups excluding carboxylic acids is 1. The second-order valence-electron chi connectivity index (χ2n) is 5.56. The zero-order valence-electron chi connectivity index (χ0n) is 12.3. The number of hydrogen-bond acceptors (Lipinski definition) is 2. The maximum Gasteiger partial charge on any atom is 0.255 e. The smallest absolute Gasteiger partial charge is 0.255 e. The van der Waals surface area contributed by atoms with Crippen molar-refractivity contribution in [3.8, 4) is 0 Å². The first kappa shape index (κ1) is 16.4. The number of hydrogen-bond donors (Lipinski definition) is 1. The van der Waals surface area contributed by atoms with E-state index in [4.69, 9.17) is 5.73 Å². The molecule has 1 aromatic carbocycles. The topological polar surface area (TPSA) is 46.3 Å². The summed E-state index contributed by atoms with van der Waals surface area (Å²) in [5, 5.41) is 0. The fourth-order valence-corrected chi connectivity index (χ4v) is 3.63. The van der Waals surface area contributed by atoms with Crippen LogP contribution in [0.3, 0.4) is 0 Å². The normalized spacial score (nSPS) is 22.1. The Morgan fingerprint density at radius 2 is 2.14 bits per heavy atom. The lowest BCUT2D eigenvalue weighted by atomic mass is 9.83. The van der Waals surface area contributed by atoms with E-state index in [2.05, 4.69) is 15.9 Å². The minimum absolute atomic E-state index is 0.116. The van der Waals surface area contributed by atoms with Gasteiger partial charge in [-0.05, 0) is 66.4 Å². The molecule has 1 aliphatic rings. The van der Waals surface area contributed by atoms with Gasteiger partial charge in [0.2, 0.25) is 0 Å². The Morgan fingerprint density at radius 1 is 1.43 bits per heavy atom. The molecule has 2 unspecified atom stereocenters. The van der Waals surface area contributed by atoms with Crippen molar-refractivity contribution in [1.29, 1.82) is 0 Å². The lowest BCUT2D eigenvalue weighted by molar-refractivity contribution is 0.0558. The molecule has 2 rings (SSSR count). The molecule has 0 saturated heterocycles. The van der Waals surface area contributed by atoms with Crippen LogP contribution in [0.4, 0.5) is 4.39 Å². The van der Waals surface area contributed by atoms with Crippen LogP contribution in [0.25, 0.3) is 0 Å². The van der Waals surface area contributed by atoms with Crippen molar-refractivity contribution < 1.29 is 9.18 Å². The molecule has 0 aromatic heterocycles. The minimum atomic E-state index is -0.392. The Kier molecular flexibility index (Phi) is 5.76. The van der Waals surface area contributed by atoms with Gasteiger partial charge in [0.15, 0.2) is 0 Å². The molecule has 1 aliphatic carbocycles. The Labute approximate surface area is 133 Å². The van der Waals surface area contributed by atoms with Gasteiger partial charge < -0.3 is 10.6 Å². The van der Waals surface area contributed by atoms with E-state index in [-0.39, 0.29) is 11.9 Å². The maximum absolute atomic E-state index is 13.4. The number of benzene rings is 1. The van der Waals surface area contributed by atoms with Gasteiger partial charge in [-0.1, -0.05) is 12.8 Å². The van der Waals surface area contributed by atoms with Crippen LogP contribution in [0.5, 0.6) is 0 Å². The third-order valence-corrected chi connectivity index (χ3v) is 5.02. The second kappa shape index (κ2) is 7.36. The van der Waals surface area contributed by atoms with Crippen LogP contribution < -0.4 is 5.73 Å². The van der Waals surface area contributed by atoms with Gasteiger partial charge in [0, 0.05) is 17.1 Å². The molecule has 2 N–H and O–H groups in total. The van der Waals surface area contributed by atoms with Crippen molar-refractivity contribution in [3.63, 3.8) is 0 Å². The molecule has 21 heavy (non-hydrogen) atoms.